The van der Waals surface area contributed by atoms with Crippen molar-refractivity contribution in [2.24, 2.45) is 0 Å². The van der Waals surface area contributed by atoms with Crippen LogP contribution in [-0.2, 0) is 11.3 Å². The van der Waals surface area contributed by atoms with Gasteiger partial charge in [0.1, 0.15) is 0 Å². The van der Waals surface area contributed by atoms with Gasteiger partial charge in [-0.05, 0) is 17.7 Å². The number of nitrogens with one attached hydrogen (secondary N) is 1. The van der Waals surface area contributed by atoms with Crippen molar-refractivity contribution >= 4 is 12.4 Å². The first-order chi connectivity index (χ1) is 6.86. The summed E-state index contributed by atoms with van der Waals surface area (Å²) in [6.45, 7) is 2.46. The predicted octanol–water partition coefficient (Wildman–Crippen LogP) is 1.83. The first-order valence-corrected chi connectivity index (χ1v) is 4.62. The zero-order valence-corrected chi connectivity index (χ0v) is 9.64. The van der Waals surface area contributed by atoms with Crippen LogP contribution in [0, 0.1) is 12.3 Å². The van der Waals surface area contributed by atoms with Crippen LogP contribution < -0.4 is 5.32 Å². The zero-order chi connectivity index (χ0) is 10.2. The molecule has 0 unspecified atom stereocenters. The van der Waals surface area contributed by atoms with Crippen molar-refractivity contribution in [1.82, 2.24) is 5.32 Å². The van der Waals surface area contributed by atoms with Gasteiger partial charge in [-0.1, -0.05) is 18.1 Å². The normalized spacial score (nSPS) is 9.07. The minimum Gasteiger partial charge on any atom is -0.383 e. The second kappa shape index (κ2) is 8.31. The lowest BCUT2D eigenvalue weighted by Gasteiger charge is -2.03. The molecule has 0 spiro atoms. The van der Waals surface area contributed by atoms with Crippen LogP contribution in [0.5, 0.6) is 0 Å². The lowest BCUT2D eigenvalue weighted by Crippen LogP contribution is -2.18. The molecule has 15 heavy (non-hydrogen) atoms. The number of ether oxygens (including phenoxy) is 1. The molecule has 0 radical (unpaired) electrons. The third-order valence-corrected chi connectivity index (χ3v) is 1.93. The number of methoxy groups -OCH3 is 1. The fourth-order valence-electron chi connectivity index (χ4n) is 1.13. The zero-order valence-electron chi connectivity index (χ0n) is 8.82. The SMILES string of the molecule is C#Cc1ccc(CNCCOC)cc1.Cl. The van der Waals surface area contributed by atoms with Crippen LogP contribution in [0.15, 0.2) is 24.3 Å². The summed E-state index contributed by atoms with van der Waals surface area (Å²) in [6, 6.07) is 7.98. The van der Waals surface area contributed by atoms with Crippen molar-refractivity contribution in [1.29, 1.82) is 0 Å². The average Bonchev–Trinajstić information content (AvgIpc) is 2.25. The third kappa shape index (κ3) is 5.44. The van der Waals surface area contributed by atoms with Gasteiger partial charge in [0.2, 0.25) is 0 Å². The maximum atomic E-state index is 5.26. The summed E-state index contributed by atoms with van der Waals surface area (Å²) in [6.07, 6.45) is 5.26. The summed E-state index contributed by atoms with van der Waals surface area (Å²) in [4.78, 5) is 0. The number of benzene rings is 1. The van der Waals surface area contributed by atoms with Gasteiger partial charge in [-0.25, -0.2) is 0 Å². The summed E-state index contributed by atoms with van der Waals surface area (Å²) in [7, 11) is 1.70. The van der Waals surface area contributed by atoms with Crippen molar-refractivity contribution < 1.29 is 4.74 Å². The van der Waals surface area contributed by atoms with E-state index in [9.17, 15) is 0 Å². The highest BCUT2D eigenvalue weighted by Gasteiger charge is 1.92. The number of rotatable bonds is 5. The second-order valence-corrected chi connectivity index (χ2v) is 3.01. The van der Waals surface area contributed by atoms with Crippen LogP contribution in [0.1, 0.15) is 11.1 Å². The summed E-state index contributed by atoms with van der Waals surface area (Å²) in [5, 5.41) is 3.26. The summed E-state index contributed by atoms with van der Waals surface area (Å²) in [5.41, 5.74) is 2.16. The average molecular weight is 226 g/mol. The highest BCUT2D eigenvalue weighted by atomic mass is 35.5. The van der Waals surface area contributed by atoms with Crippen molar-refractivity contribution in [3.8, 4) is 12.3 Å². The molecule has 1 N–H and O–H groups in total. The fraction of sp³-hybridized carbons (Fsp3) is 0.333. The Hall–Kier alpha value is -1.01. The molecule has 0 saturated carbocycles. The molecule has 1 aromatic carbocycles. The molecule has 0 aromatic heterocycles. The molecule has 1 aromatic rings. The topological polar surface area (TPSA) is 21.3 Å². The number of halogens is 1. The second-order valence-electron chi connectivity index (χ2n) is 3.01. The van der Waals surface area contributed by atoms with Crippen LogP contribution in [0.2, 0.25) is 0 Å². The molecule has 0 fully saturated rings. The minimum atomic E-state index is 0. The molecule has 0 heterocycles. The van der Waals surface area contributed by atoms with E-state index < -0.39 is 0 Å². The van der Waals surface area contributed by atoms with Gasteiger partial charge in [-0.3, -0.25) is 0 Å². The molecule has 0 bridgehead atoms. The molecule has 0 aliphatic heterocycles. The predicted molar refractivity (Wildman–Crippen MR) is 65.2 cm³/mol. The Bertz CT molecular complexity index is 302. The van der Waals surface area contributed by atoms with E-state index in [0.29, 0.717) is 0 Å². The van der Waals surface area contributed by atoms with Crippen LogP contribution >= 0.6 is 12.4 Å². The molecular weight excluding hydrogens is 210 g/mol. The molecule has 0 atom stereocenters. The highest BCUT2D eigenvalue weighted by molar-refractivity contribution is 5.85. The molecule has 0 amide bonds. The smallest absolute Gasteiger partial charge is 0.0587 e. The molecular formula is C12H16ClNO. The summed E-state index contributed by atoms with van der Waals surface area (Å²) >= 11 is 0. The molecule has 0 saturated heterocycles. The number of hydrogen-bond donors (Lipinski definition) is 1. The van der Waals surface area contributed by atoms with Crippen molar-refractivity contribution in [2.45, 2.75) is 6.54 Å². The van der Waals surface area contributed by atoms with Gasteiger partial charge in [-0.15, -0.1) is 18.8 Å². The molecule has 0 aliphatic carbocycles. The fourth-order valence-corrected chi connectivity index (χ4v) is 1.13. The number of terminal acetylenes is 1. The maximum absolute atomic E-state index is 5.26. The minimum absolute atomic E-state index is 0. The Morgan fingerprint density at radius 1 is 1.33 bits per heavy atom. The van der Waals surface area contributed by atoms with Crippen LogP contribution in [-0.4, -0.2) is 20.3 Å². The number of hydrogen-bond acceptors (Lipinski definition) is 2. The maximum Gasteiger partial charge on any atom is 0.0587 e. The van der Waals surface area contributed by atoms with E-state index in [1.165, 1.54) is 5.56 Å². The third-order valence-electron chi connectivity index (χ3n) is 1.93. The standard InChI is InChI=1S/C12H15NO.ClH/c1-3-11-4-6-12(7-5-11)10-13-8-9-14-2;/h1,4-7,13H,8-10H2,2H3;1H. The van der Waals surface area contributed by atoms with Crippen LogP contribution in [0.4, 0.5) is 0 Å². The van der Waals surface area contributed by atoms with E-state index in [0.717, 1.165) is 25.3 Å². The van der Waals surface area contributed by atoms with Gasteiger partial charge in [0.15, 0.2) is 0 Å². The van der Waals surface area contributed by atoms with E-state index in [-0.39, 0.29) is 12.4 Å². The molecule has 0 aliphatic rings. The monoisotopic (exact) mass is 225 g/mol. The Morgan fingerprint density at radius 3 is 2.53 bits per heavy atom. The van der Waals surface area contributed by atoms with Crippen LogP contribution in [0.3, 0.4) is 0 Å². The van der Waals surface area contributed by atoms with Crippen molar-refractivity contribution in [3.63, 3.8) is 0 Å². The molecule has 82 valence electrons. The summed E-state index contributed by atoms with van der Waals surface area (Å²) < 4.78 is 4.93. The van der Waals surface area contributed by atoms with E-state index in [2.05, 4.69) is 11.2 Å². The Morgan fingerprint density at radius 2 is 2.00 bits per heavy atom. The van der Waals surface area contributed by atoms with Crippen molar-refractivity contribution in [2.75, 3.05) is 20.3 Å². The summed E-state index contributed by atoms with van der Waals surface area (Å²) in [5.74, 6) is 2.59. The quantitative estimate of drug-likeness (QED) is 0.610. The first-order valence-electron chi connectivity index (χ1n) is 4.62. The highest BCUT2D eigenvalue weighted by Crippen LogP contribution is 2.02. The Labute approximate surface area is 97.4 Å². The lowest BCUT2D eigenvalue weighted by atomic mass is 10.1. The lowest BCUT2D eigenvalue weighted by molar-refractivity contribution is 0.199. The van der Waals surface area contributed by atoms with Gasteiger partial charge in [-0.2, -0.15) is 0 Å². The van der Waals surface area contributed by atoms with E-state index in [1.807, 2.05) is 24.3 Å². The van der Waals surface area contributed by atoms with Crippen LogP contribution in [0.25, 0.3) is 0 Å². The van der Waals surface area contributed by atoms with Gasteiger partial charge in [0, 0.05) is 25.8 Å². The van der Waals surface area contributed by atoms with Gasteiger partial charge < -0.3 is 10.1 Å². The van der Waals surface area contributed by atoms with E-state index >= 15 is 0 Å². The largest absolute Gasteiger partial charge is 0.383 e. The van der Waals surface area contributed by atoms with Gasteiger partial charge in [0.05, 0.1) is 6.61 Å². The molecule has 1 rings (SSSR count). The van der Waals surface area contributed by atoms with E-state index in [1.54, 1.807) is 7.11 Å². The molecule has 3 heteroatoms. The Kier molecular flexibility index (Phi) is 7.75. The van der Waals surface area contributed by atoms with Crippen molar-refractivity contribution in [3.05, 3.63) is 35.4 Å². The molecule has 2 nitrogen and oxygen atoms in total. The van der Waals surface area contributed by atoms with E-state index in [4.69, 9.17) is 11.2 Å². The van der Waals surface area contributed by atoms with Gasteiger partial charge in [0.25, 0.3) is 0 Å². The first kappa shape index (κ1) is 14.0. The van der Waals surface area contributed by atoms with Gasteiger partial charge >= 0.3 is 0 Å². The Balaban J connectivity index is 0.00000196.